The minimum atomic E-state index is -1.02. The molecule has 1 amide bonds. The molecule has 6 N–H and O–H groups in total. The minimum absolute atomic E-state index is 0.0414. The molecule has 4 atom stereocenters. The Labute approximate surface area is 209 Å². The minimum Gasteiger partial charge on any atom is -0.394 e. The molecule has 0 bridgehead atoms. The van der Waals surface area contributed by atoms with Gasteiger partial charge in [-0.3, -0.25) is 4.79 Å². The Morgan fingerprint density at radius 2 is 1.83 bits per heavy atom. The standard InChI is InChI=1S/C28H34N4O4/c1-15(2)27-28(36)31-17(13-33)10-16-11-30-26-19(8-9-22(24(16)26)32(27)3)25(23(35)14-34)20-12-29-21-7-5-4-6-18(20)21/h4-9,11-12,15,17,23,25,27,29-30,33-35H,10,13-14H2,1-3H3,(H,31,36)/t17-,23+,25-,27-/m0/s1. The molecular weight excluding hydrogens is 456 g/mol. The number of benzene rings is 2. The zero-order valence-corrected chi connectivity index (χ0v) is 20.8. The molecule has 2 aromatic carbocycles. The molecule has 0 saturated carbocycles. The second-order valence-electron chi connectivity index (χ2n) is 10.1. The number of hydrogen-bond donors (Lipinski definition) is 6. The summed E-state index contributed by atoms with van der Waals surface area (Å²) in [6.07, 6.45) is 3.28. The van der Waals surface area contributed by atoms with Crippen LogP contribution in [0, 0.1) is 5.92 Å². The van der Waals surface area contributed by atoms with Gasteiger partial charge in [0.15, 0.2) is 0 Å². The van der Waals surface area contributed by atoms with Gasteiger partial charge in [-0.25, -0.2) is 0 Å². The molecule has 36 heavy (non-hydrogen) atoms. The molecule has 0 unspecified atom stereocenters. The molecule has 190 valence electrons. The fourth-order valence-electron chi connectivity index (χ4n) is 5.86. The first kappa shape index (κ1) is 24.4. The van der Waals surface area contributed by atoms with Crippen molar-refractivity contribution < 1.29 is 20.1 Å². The highest BCUT2D eigenvalue weighted by atomic mass is 16.3. The van der Waals surface area contributed by atoms with Crippen molar-refractivity contribution in [2.75, 3.05) is 25.2 Å². The van der Waals surface area contributed by atoms with Crippen LogP contribution in [-0.2, 0) is 11.2 Å². The quantitative estimate of drug-likeness (QED) is 0.248. The number of H-pyrrole nitrogens is 2. The van der Waals surface area contributed by atoms with Gasteiger partial charge >= 0.3 is 0 Å². The van der Waals surface area contributed by atoms with E-state index in [-0.39, 0.29) is 25.0 Å². The molecule has 4 aromatic rings. The topological polar surface area (TPSA) is 125 Å². The van der Waals surface area contributed by atoms with Gasteiger partial charge in [0, 0.05) is 47.3 Å². The number of likely N-dealkylation sites (N-methyl/N-ethyl adjacent to an activating group) is 1. The summed E-state index contributed by atoms with van der Waals surface area (Å²) in [4.78, 5) is 21.9. The van der Waals surface area contributed by atoms with Gasteiger partial charge in [0.1, 0.15) is 6.04 Å². The summed E-state index contributed by atoms with van der Waals surface area (Å²) in [6, 6.07) is 11.1. The molecule has 8 heteroatoms. The number of aliphatic hydroxyl groups is 3. The van der Waals surface area contributed by atoms with Crippen molar-refractivity contribution in [3.63, 3.8) is 0 Å². The second-order valence-corrected chi connectivity index (χ2v) is 10.1. The maximum atomic E-state index is 13.2. The average molecular weight is 491 g/mol. The number of carbonyl (C=O) groups excluding carboxylic acids is 1. The second kappa shape index (κ2) is 9.61. The smallest absolute Gasteiger partial charge is 0.243 e. The van der Waals surface area contributed by atoms with Gasteiger partial charge in [0.25, 0.3) is 0 Å². The number of amides is 1. The Balaban J connectivity index is 1.74. The first-order valence-corrected chi connectivity index (χ1v) is 12.5. The monoisotopic (exact) mass is 490 g/mol. The summed E-state index contributed by atoms with van der Waals surface area (Å²) >= 11 is 0. The van der Waals surface area contributed by atoms with Gasteiger partial charge in [-0.1, -0.05) is 38.1 Å². The summed E-state index contributed by atoms with van der Waals surface area (Å²) in [5, 5.41) is 36.1. The van der Waals surface area contributed by atoms with Crippen LogP contribution < -0.4 is 10.2 Å². The number of nitrogens with zero attached hydrogens (tertiary/aromatic N) is 1. The Morgan fingerprint density at radius 3 is 2.56 bits per heavy atom. The van der Waals surface area contributed by atoms with Crippen LogP contribution in [0.25, 0.3) is 21.8 Å². The first-order valence-electron chi connectivity index (χ1n) is 12.5. The fourth-order valence-corrected chi connectivity index (χ4v) is 5.86. The molecule has 3 heterocycles. The van der Waals surface area contributed by atoms with Crippen molar-refractivity contribution >= 4 is 33.4 Å². The number of fused-ring (bicyclic) bond motifs is 1. The number of hydrogen-bond acceptors (Lipinski definition) is 5. The van der Waals surface area contributed by atoms with E-state index in [2.05, 4.69) is 15.3 Å². The lowest BCUT2D eigenvalue weighted by Crippen LogP contribution is -2.52. The van der Waals surface area contributed by atoms with E-state index in [4.69, 9.17) is 0 Å². The van der Waals surface area contributed by atoms with Crippen LogP contribution in [0.3, 0.4) is 0 Å². The lowest BCUT2D eigenvalue weighted by Gasteiger charge is -2.33. The third-order valence-electron chi connectivity index (χ3n) is 7.52. The molecule has 1 aliphatic rings. The molecule has 0 spiro atoms. The summed E-state index contributed by atoms with van der Waals surface area (Å²) in [7, 11) is 1.93. The number of nitrogens with one attached hydrogen (secondary N) is 3. The number of carbonyl (C=O) groups is 1. The van der Waals surface area contributed by atoms with Crippen molar-refractivity contribution in [3.8, 4) is 0 Å². The lowest BCUT2D eigenvalue weighted by atomic mass is 9.84. The highest BCUT2D eigenvalue weighted by molar-refractivity contribution is 6.00. The Bertz CT molecular complexity index is 1390. The van der Waals surface area contributed by atoms with Gasteiger partial charge in [0.05, 0.1) is 30.9 Å². The number of aromatic amines is 2. The molecule has 5 rings (SSSR count). The number of anilines is 1. The molecule has 0 fully saturated rings. The molecule has 0 aliphatic carbocycles. The van der Waals surface area contributed by atoms with Crippen LogP contribution in [0.2, 0.25) is 0 Å². The average Bonchev–Trinajstić information content (AvgIpc) is 3.48. The fraction of sp³-hybridized carbons (Fsp3) is 0.393. The van der Waals surface area contributed by atoms with Crippen LogP contribution in [0.15, 0.2) is 48.8 Å². The third kappa shape index (κ3) is 3.95. The van der Waals surface area contributed by atoms with E-state index in [1.807, 2.05) is 74.6 Å². The maximum Gasteiger partial charge on any atom is 0.243 e. The third-order valence-corrected chi connectivity index (χ3v) is 7.52. The molecule has 0 radical (unpaired) electrons. The van der Waals surface area contributed by atoms with Crippen molar-refractivity contribution in [1.29, 1.82) is 0 Å². The largest absolute Gasteiger partial charge is 0.394 e. The zero-order chi connectivity index (χ0) is 25.6. The van der Waals surface area contributed by atoms with Gasteiger partial charge in [0.2, 0.25) is 5.91 Å². The van der Waals surface area contributed by atoms with Gasteiger partial charge in [-0.15, -0.1) is 0 Å². The maximum absolute atomic E-state index is 13.2. The Morgan fingerprint density at radius 1 is 1.06 bits per heavy atom. The molecule has 8 nitrogen and oxygen atoms in total. The normalized spacial score (nSPS) is 20.3. The van der Waals surface area contributed by atoms with Crippen molar-refractivity contribution in [1.82, 2.24) is 15.3 Å². The SMILES string of the molecule is CC(C)[C@H]1C(=O)N[C@H](CO)Cc2c[nH]c3c([C@@H](c4c[nH]c5ccccc45)[C@H](O)CO)ccc(c23)N1C. The highest BCUT2D eigenvalue weighted by Crippen LogP contribution is 2.41. The summed E-state index contributed by atoms with van der Waals surface area (Å²) in [6.45, 7) is 3.48. The van der Waals surface area contributed by atoms with Gasteiger partial charge in [-0.2, -0.15) is 0 Å². The van der Waals surface area contributed by atoms with Crippen LogP contribution in [-0.4, -0.2) is 69.6 Å². The highest BCUT2D eigenvalue weighted by Gasteiger charge is 2.34. The Kier molecular flexibility index (Phi) is 6.51. The first-order chi connectivity index (χ1) is 17.3. The van der Waals surface area contributed by atoms with Crippen LogP contribution >= 0.6 is 0 Å². The van der Waals surface area contributed by atoms with E-state index in [0.29, 0.717) is 6.42 Å². The predicted molar refractivity (Wildman–Crippen MR) is 141 cm³/mol. The van der Waals surface area contributed by atoms with Gasteiger partial charge in [-0.05, 0) is 41.2 Å². The predicted octanol–water partition coefficient (Wildman–Crippen LogP) is 2.63. The number of aromatic nitrogens is 2. The van der Waals surface area contributed by atoms with E-state index in [0.717, 1.165) is 44.2 Å². The van der Waals surface area contributed by atoms with Crippen molar-refractivity contribution in [2.24, 2.45) is 5.92 Å². The molecule has 2 aromatic heterocycles. The number of para-hydroxylation sites is 1. The van der Waals surface area contributed by atoms with Crippen LogP contribution in [0.1, 0.15) is 36.5 Å². The van der Waals surface area contributed by atoms with E-state index < -0.39 is 24.1 Å². The summed E-state index contributed by atoms with van der Waals surface area (Å²) in [5.74, 6) is -0.552. The molecule has 1 aliphatic heterocycles. The number of rotatable bonds is 6. The van der Waals surface area contributed by atoms with Gasteiger partial charge < -0.3 is 35.5 Å². The zero-order valence-electron chi connectivity index (χ0n) is 20.8. The number of aliphatic hydroxyl groups excluding tert-OH is 3. The van der Waals surface area contributed by atoms with E-state index >= 15 is 0 Å². The summed E-state index contributed by atoms with van der Waals surface area (Å²) < 4.78 is 0. The molecular formula is C28H34N4O4. The van der Waals surface area contributed by atoms with Crippen LogP contribution in [0.4, 0.5) is 5.69 Å². The summed E-state index contributed by atoms with van der Waals surface area (Å²) in [5.41, 5.74) is 5.47. The van der Waals surface area contributed by atoms with Crippen molar-refractivity contribution in [2.45, 2.75) is 44.4 Å². The molecule has 0 saturated heterocycles. The lowest BCUT2D eigenvalue weighted by molar-refractivity contribution is -0.124. The van der Waals surface area contributed by atoms with E-state index in [1.54, 1.807) is 0 Å². The van der Waals surface area contributed by atoms with Crippen molar-refractivity contribution in [3.05, 3.63) is 65.5 Å². The van der Waals surface area contributed by atoms with E-state index in [9.17, 15) is 20.1 Å². The Hall–Kier alpha value is -3.33. The van der Waals surface area contributed by atoms with E-state index in [1.165, 1.54) is 0 Å². The van der Waals surface area contributed by atoms with Crippen LogP contribution in [0.5, 0.6) is 0 Å².